The summed E-state index contributed by atoms with van der Waals surface area (Å²) in [4.78, 5) is 5.15. The number of likely N-dealkylation sites (tertiary alicyclic amines) is 2. The van der Waals surface area contributed by atoms with Crippen LogP contribution in [-0.2, 0) is 4.74 Å². The Bertz CT molecular complexity index is 231. The molecular weight excluding hydrogens is 236 g/mol. The maximum Gasteiger partial charge on any atom is 0.0600 e. The standard InChI is InChI=1S/C16H32N2O/c1-3-8-17-11-6-16(7-12-17)19-14-13-18-9-4-15(2)5-10-18/h15-16H,3-14H2,1-2H3. The summed E-state index contributed by atoms with van der Waals surface area (Å²) < 4.78 is 6.07. The zero-order valence-corrected chi connectivity index (χ0v) is 12.9. The van der Waals surface area contributed by atoms with Gasteiger partial charge in [0.05, 0.1) is 12.7 Å². The molecule has 2 aliphatic rings. The van der Waals surface area contributed by atoms with Crippen molar-refractivity contribution in [1.29, 1.82) is 0 Å². The Hall–Kier alpha value is -0.120. The average molecular weight is 268 g/mol. The fourth-order valence-electron chi connectivity index (χ4n) is 3.25. The van der Waals surface area contributed by atoms with Gasteiger partial charge in [-0.15, -0.1) is 0 Å². The number of piperidine rings is 2. The molecule has 3 heteroatoms. The van der Waals surface area contributed by atoms with Gasteiger partial charge in [0.1, 0.15) is 0 Å². The van der Waals surface area contributed by atoms with Gasteiger partial charge in [0, 0.05) is 19.6 Å². The van der Waals surface area contributed by atoms with E-state index < -0.39 is 0 Å². The van der Waals surface area contributed by atoms with Crippen LogP contribution in [0.25, 0.3) is 0 Å². The molecule has 0 radical (unpaired) electrons. The molecule has 2 saturated heterocycles. The molecule has 0 amide bonds. The molecule has 2 heterocycles. The quantitative estimate of drug-likeness (QED) is 0.736. The van der Waals surface area contributed by atoms with Crippen LogP contribution in [0.1, 0.15) is 46.0 Å². The Balaban J connectivity index is 1.52. The molecule has 112 valence electrons. The second-order valence-corrected chi connectivity index (χ2v) is 6.44. The van der Waals surface area contributed by atoms with E-state index in [0.29, 0.717) is 6.10 Å². The van der Waals surface area contributed by atoms with Crippen molar-refractivity contribution in [3.8, 4) is 0 Å². The smallest absolute Gasteiger partial charge is 0.0600 e. The van der Waals surface area contributed by atoms with Crippen LogP contribution < -0.4 is 0 Å². The van der Waals surface area contributed by atoms with Crippen LogP contribution in [0.2, 0.25) is 0 Å². The normalized spacial score (nSPS) is 24.9. The molecule has 0 N–H and O–H groups in total. The summed E-state index contributed by atoms with van der Waals surface area (Å²) in [6.45, 7) is 13.0. The third kappa shape index (κ3) is 5.41. The number of rotatable bonds is 6. The van der Waals surface area contributed by atoms with Crippen molar-refractivity contribution in [1.82, 2.24) is 9.80 Å². The molecule has 3 nitrogen and oxygen atoms in total. The molecule has 2 aliphatic heterocycles. The van der Waals surface area contributed by atoms with Gasteiger partial charge in [-0.3, -0.25) is 0 Å². The van der Waals surface area contributed by atoms with Crippen molar-refractivity contribution in [3.63, 3.8) is 0 Å². The highest BCUT2D eigenvalue weighted by molar-refractivity contribution is 4.73. The van der Waals surface area contributed by atoms with E-state index in [1.54, 1.807) is 0 Å². The maximum atomic E-state index is 6.07. The minimum Gasteiger partial charge on any atom is -0.377 e. The van der Waals surface area contributed by atoms with Crippen LogP contribution in [0.5, 0.6) is 0 Å². The van der Waals surface area contributed by atoms with Gasteiger partial charge in [0.25, 0.3) is 0 Å². The lowest BCUT2D eigenvalue weighted by Crippen LogP contribution is -2.39. The molecule has 0 aromatic heterocycles. The van der Waals surface area contributed by atoms with E-state index in [4.69, 9.17) is 4.74 Å². The van der Waals surface area contributed by atoms with Crippen LogP contribution in [-0.4, -0.2) is 61.8 Å². The minimum absolute atomic E-state index is 0.525. The zero-order chi connectivity index (χ0) is 13.5. The van der Waals surface area contributed by atoms with Crippen molar-refractivity contribution >= 4 is 0 Å². The van der Waals surface area contributed by atoms with Gasteiger partial charge in [-0.2, -0.15) is 0 Å². The predicted molar refractivity (Wildman–Crippen MR) is 80.5 cm³/mol. The third-order valence-electron chi connectivity index (χ3n) is 4.71. The van der Waals surface area contributed by atoms with E-state index in [0.717, 1.165) is 19.1 Å². The Labute approximate surface area is 119 Å². The van der Waals surface area contributed by atoms with Crippen molar-refractivity contribution in [2.45, 2.75) is 52.1 Å². The highest BCUT2D eigenvalue weighted by atomic mass is 16.5. The molecular formula is C16H32N2O. The second-order valence-electron chi connectivity index (χ2n) is 6.44. The van der Waals surface area contributed by atoms with E-state index in [1.807, 2.05) is 0 Å². The van der Waals surface area contributed by atoms with Crippen LogP contribution in [0, 0.1) is 5.92 Å². The fraction of sp³-hybridized carbons (Fsp3) is 1.00. The van der Waals surface area contributed by atoms with Crippen LogP contribution >= 0.6 is 0 Å². The summed E-state index contributed by atoms with van der Waals surface area (Å²) in [5, 5.41) is 0. The van der Waals surface area contributed by atoms with Crippen LogP contribution in [0.15, 0.2) is 0 Å². The monoisotopic (exact) mass is 268 g/mol. The molecule has 2 fully saturated rings. The second kappa shape index (κ2) is 8.23. The Kier molecular flexibility index (Phi) is 6.62. The molecule has 19 heavy (non-hydrogen) atoms. The van der Waals surface area contributed by atoms with E-state index in [1.165, 1.54) is 64.8 Å². The van der Waals surface area contributed by atoms with Crippen molar-refractivity contribution in [2.24, 2.45) is 5.92 Å². The van der Waals surface area contributed by atoms with Crippen molar-refractivity contribution in [2.75, 3.05) is 45.9 Å². The first-order chi connectivity index (χ1) is 9.28. The van der Waals surface area contributed by atoms with E-state index in [2.05, 4.69) is 23.6 Å². The highest BCUT2D eigenvalue weighted by Crippen LogP contribution is 2.17. The largest absolute Gasteiger partial charge is 0.377 e. The number of hydrogen-bond acceptors (Lipinski definition) is 3. The van der Waals surface area contributed by atoms with Crippen molar-refractivity contribution < 1.29 is 4.74 Å². The first-order valence-corrected chi connectivity index (χ1v) is 8.34. The molecule has 0 aliphatic carbocycles. The van der Waals surface area contributed by atoms with Gasteiger partial charge in [0.2, 0.25) is 0 Å². The molecule has 0 aromatic rings. The van der Waals surface area contributed by atoms with E-state index >= 15 is 0 Å². The van der Waals surface area contributed by atoms with E-state index in [-0.39, 0.29) is 0 Å². The molecule has 0 spiro atoms. The number of hydrogen-bond donors (Lipinski definition) is 0. The average Bonchev–Trinajstić information content (AvgIpc) is 2.43. The van der Waals surface area contributed by atoms with Gasteiger partial charge >= 0.3 is 0 Å². The molecule has 0 saturated carbocycles. The Morgan fingerprint density at radius 1 is 0.895 bits per heavy atom. The fourth-order valence-corrected chi connectivity index (χ4v) is 3.25. The molecule has 0 unspecified atom stereocenters. The molecule has 0 aromatic carbocycles. The summed E-state index contributed by atoms with van der Waals surface area (Å²) in [6.07, 6.45) is 7.01. The van der Waals surface area contributed by atoms with Gasteiger partial charge < -0.3 is 14.5 Å². The summed E-state index contributed by atoms with van der Waals surface area (Å²) >= 11 is 0. The Morgan fingerprint density at radius 3 is 2.11 bits per heavy atom. The summed E-state index contributed by atoms with van der Waals surface area (Å²) in [6, 6.07) is 0. The molecule has 2 rings (SSSR count). The van der Waals surface area contributed by atoms with Crippen molar-refractivity contribution in [3.05, 3.63) is 0 Å². The lowest BCUT2D eigenvalue weighted by Gasteiger charge is -2.33. The van der Waals surface area contributed by atoms with Crippen LogP contribution in [0.3, 0.4) is 0 Å². The lowest BCUT2D eigenvalue weighted by atomic mass is 9.99. The number of ether oxygens (including phenoxy) is 1. The number of nitrogens with zero attached hydrogens (tertiary/aromatic N) is 2. The highest BCUT2D eigenvalue weighted by Gasteiger charge is 2.20. The molecule has 0 atom stereocenters. The van der Waals surface area contributed by atoms with Gasteiger partial charge in [-0.05, 0) is 57.7 Å². The first-order valence-electron chi connectivity index (χ1n) is 8.34. The van der Waals surface area contributed by atoms with Gasteiger partial charge in [0.15, 0.2) is 0 Å². The first kappa shape index (κ1) is 15.3. The Morgan fingerprint density at radius 2 is 1.47 bits per heavy atom. The predicted octanol–water partition coefficient (Wildman–Crippen LogP) is 2.61. The SMILES string of the molecule is CCCN1CCC(OCCN2CCC(C)CC2)CC1. The minimum atomic E-state index is 0.525. The summed E-state index contributed by atoms with van der Waals surface area (Å²) in [7, 11) is 0. The topological polar surface area (TPSA) is 15.7 Å². The molecule has 0 bridgehead atoms. The van der Waals surface area contributed by atoms with E-state index in [9.17, 15) is 0 Å². The summed E-state index contributed by atoms with van der Waals surface area (Å²) in [5.74, 6) is 0.931. The lowest BCUT2D eigenvalue weighted by molar-refractivity contribution is -0.00435. The third-order valence-corrected chi connectivity index (χ3v) is 4.71. The van der Waals surface area contributed by atoms with Gasteiger partial charge in [-0.1, -0.05) is 13.8 Å². The maximum absolute atomic E-state index is 6.07. The van der Waals surface area contributed by atoms with Crippen LogP contribution in [0.4, 0.5) is 0 Å². The summed E-state index contributed by atoms with van der Waals surface area (Å²) in [5.41, 5.74) is 0. The zero-order valence-electron chi connectivity index (χ0n) is 12.9. The van der Waals surface area contributed by atoms with Gasteiger partial charge in [-0.25, -0.2) is 0 Å².